The molecular formula is C16H34O4. The van der Waals surface area contributed by atoms with Crippen LogP contribution in [0.2, 0.25) is 0 Å². The second-order valence-electron chi connectivity index (χ2n) is 5.63. The zero-order valence-electron chi connectivity index (χ0n) is 13.8. The van der Waals surface area contributed by atoms with Gasteiger partial charge in [0.1, 0.15) is 0 Å². The highest BCUT2D eigenvalue weighted by Crippen LogP contribution is 2.03. The van der Waals surface area contributed by atoms with Crippen LogP contribution in [0, 0.1) is 0 Å². The van der Waals surface area contributed by atoms with Crippen molar-refractivity contribution in [2.24, 2.45) is 0 Å². The lowest BCUT2D eigenvalue weighted by Gasteiger charge is -2.18. The molecule has 1 N–H and O–H groups in total. The minimum atomic E-state index is -0.425. The molecule has 0 saturated heterocycles. The lowest BCUT2D eigenvalue weighted by Crippen LogP contribution is -2.25. The van der Waals surface area contributed by atoms with Crippen LogP contribution in [0.25, 0.3) is 0 Å². The Hall–Kier alpha value is -0.160. The van der Waals surface area contributed by atoms with E-state index in [1.165, 1.54) is 25.7 Å². The van der Waals surface area contributed by atoms with E-state index in [-0.39, 0.29) is 12.2 Å². The molecule has 0 aromatic heterocycles. The largest absolute Gasteiger partial charge is 0.391 e. The van der Waals surface area contributed by atoms with Crippen molar-refractivity contribution < 1.29 is 19.3 Å². The van der Waals surface area contributed by atoms with Crippen LogP contribution in [0.1, 0.15) is 59.8 Å². The van der Waals surface area contributed by atoms with E-state index in [4.69, 9.17) is 19.3 Å². The molecule has 0 amide bonds. The van der Waals surface area contributed by atoms with Crippen LogP contribution in [0.4, 0.5) is 0 Å². The van der Waals surface area contributed by atoms with Gasteiger partial charge in [-0.3, -0.25) is 0 Å². The number of hydrogen-bond donors (Lipinski definition) is 1. The Kier molecular flexibility index (Phi) is 13.7. The maximum Gasteiger partial charge on any atom is 0.0781 e. The molecule has 0 saturated carbocycles. The fraction of sp³-hybridized carbons (Fsp3) is 1.00. The van der Waals surface area contributed by atoms with Gasteiger partial charge in [-0.15, -0.1) is 0 Å². The van der Waals surface area contributed by atoms with Gasteiger partial charge in [0.15, 0.2) is 0 Å². The molecule has 4 nitrogen and oxygen atoms in total. The molecule has 0 heterocycles. The van der Waals surface area contributed by atoms with Gasteiger partial charge in [0.05, 0.1) is 38.1 Å². The van der Waals surface area contributed by atoms with Gasteiger partial charge in [0, 0.05) is 6.61 Å². The molecule has 0 bridgehead atoms. The van der Waals surface area contributed by atoms with E-state index in [1.54, 1.807) is 6.92 Å². The third-order valence-corrected chi connectivity index (χ3v) is 2.98. The zero-order valence-corrected chi connectivity index (χ0v) is 13.8. The summed E-state index contributed by atoms with van der Waals surface area (Å²) < 4.78 is 16.7. The summed E-state index contributed by atoms with van der Waals surface area (Å²) in [5.41, 5.74) is 0. The molecular weight excluding hydrogens is 256 g/mol. The number of rotatable bonds is 14. The van der Waals surface area contributed by atoms with Crippen molar-refractivity contribution in [3.63, 3.8) is 0 Å². The standard InChI is InChI=1S/C16H34O4/c1-5-6-7-8-9-10-18-12-15(3)20-13-16(4)19-11-14(2)17/h14-17H,5-13H2,1-4H3. The Labute approximate surface area is 124 Å². The normalized spacial score (nSPS) is 16.1. The number of unbranched alkanes of at least 4 members (excludes halogenated alkanes) is 4. The van der Waals surface area contributed by atoms with Crippen molar-refractivity contribution >= 4 is 0 Å². The number of hydrogen-bond acceptors (Lipinski definition) is 4. The van der Waals surface area contributed by atoms with E-state index in [0.29, 0.717) is 19.8 Å². The van der Waals surface area contributed by atoms with Crippen LogP contribution in [0.5, 0.6) is 0 Å². The highest BCUT2D eigenvalue weighted by molar-refractivity contribution is 4.54. The van der Waals surface area contributed by atoms with Crippen LogP contribution < -0.4 is 0 Å². The third-order valence-electron chi connectivity index (χ3n) is 2.98. The highest BCUT2D eigenvalue weighted by atomic mass is 16.6. The van der Waals surface area contributed by atoms with E-state index >= 15 is 0 Å². The first-order chi connectivity index (χ1) is 9.56. The summed E-state index contributed by atoms with van der Waals surface area (Å²) in [6, 6.07) is 0. The van der Waals surface area contributed by atoms with Crippen molar-refractivity contribution in [2.75, 3.05) is 26.4 Å². The summed E-state index contributed by atoms with van der Waals surface area (Å²) in [6.07, 6.45) is 5.97. The Bertz CT molecular complexity index is 197. The van der Waals surface area contributed by atoms with Crippen LogP contribution in [0.15, 0.2) is 0 Å². The van der Waals surface area contributed by atoms with E-state index in [2.05, 4.69) is 6.92 Å². The van der Waals surface area contributed by atoms with Gasteiger partial charge < -0.3 is 19.3 Å². The van der Waals surface area contributed by atoms with Crippen LogP contribution >= 0.6 is 0 Å². The van der Waals surface area contributed by atoms with Gasteiger partial charge in [-0.25, -0.2) is 0 Å². The van der Waals surface area contributed by atoms with Crippen LogP contribution in [0.3, 0.4) is 0 Å². The topological polar surface area (TPSA) is 47.9 Å². The summed E-state index contributed by atoms with van der Waals surface area (Å²) in [6.45, 7) is 10.2. The smallest absolute Gasteiger partial charge is 0.0781 e. The predicted octanol–water partition coefficient (Wildman–Crippen LogP) is 3.16. The Balaban J connectivity index is 3.33. The molecule has 122 valence electrons. The lowest BCUT2D eigenvalue weighted by atomic mass is 10.2. The minimum Gasteiger partial charge on any atom is -0.391 e. The highest BCUT2D eigenvalue weighted by Gasteiger charge is 2.08. The van der Waals surface area contributed by atoms with Crippen molar-refractivity contribution in [3.8, 4) is 0 Å². The number of ether oxygens (including phenoxy) is 3. The van der Waals surface area contributed by atoms with Gasteiger partial charge in [-0.05, 0) is 27.2 Å². The lowest BCUT2D eigenvalue weighted by molar-refractivity contribution is -0.0701. The average molecular weight is 290 g/mol. The molecule has 0 aromatic carbocycles. The predicted molar refractivity (Wildman–Crippen MR) is 82.1 cm³/mol. The first-order valence-electron chi connectivity index (χ1n) is 8.05. The van der Waals surface area contributed by atoms with E-state index in [1.807, 2.05) is 13.8 Å². The summed E-state index contributed by atoms with van der Waals surface area (Å²) in [5.74, 6) is 0. The molecule has 0 radical (unpaired) electrons. The summed E-state index contributed by atoms with van der Waals surface area (Å²) in [5, 5.41) is 9.11. The summed E-state index contributed by atoms with van der Waals surface area (Å²) in [4.78, 5) is 0. The number of aliphatic hydroxyl groups is 1. The first kappa shape index (κ1) is 19.8. The first-order valence-corrected chi connectivity index (χ1v) is 8.05. The van der Waals surface area contributed by atoms with Crippen LogP contribution in [-0.2, 0) is 14.2 Å². The van der Waals surface area contributed by atoms with Gasteiger partial charge in [-0.2, -0.15) is 0 Å². The fourth-order valence-electron chi connectivity index (χ4n) is 1.76. The molecule has 0 spiro atoms. The van der Waals surface area contributed by atoms with Gasteiger partial charge in [0.25, 0.3) is 0 Å². The molecule has 20 heavy (non-hydrogen) atoms. The van der Waals surface area contributed by atoms with Gasteiger partial charge in [-0.1, -0.05) is 32.6 Å². The molecule has 3 atom stereocenters. The van der Waals surface area contributed by atoms with Crippen molar-refractivity contribution in [1.82, 2.24) is 0 Å². The maximum atomic E-state index is 9.11. The average Bonchev–Trinajstić information content (AvgIpc) is 2.41. The van der Waals surface area contributed by atoms with Crippen molar-refractivity contribution in [3.05, 3.63) is 0 Å². The van der Waals surface area contributed by atoms with Gasteiger partial charge >= 0.3 is 0 Å². The molecule has 4 heteroatoms. The molecule has 3 unspecified atom stereocenters. The molecule has 0 rings (SSSR count). The van der Waals surface area contributed by atoms with Gasteiger partial charge in [0.2, 0.25) is 0 Å². The second-order valence-corrected chi connectivity index (χ2v) is 5.63. The van der Waals surface area contributed by atoms with Crippen LogP contribution in [-0.4, -0.2) is 49.8 Å². The molecule has 0 aromatic rings. The Morgan fingerprint density at radius 1 is 0.800 bits per heavy atom. The van der Waals surface area contributed by atoms with E-state index in [9.17, 15) is 0 Å². The molecule has 0 aliphatic rings. The molecule has 0 aliphatic heterocycles. The van der Waals surface area contributed by atoms with E-state index in [0.717, 1.165) is 13.0 Å². The summed E-state index contributed by atoms with van der Waals surface area (Å²) in [7, 11) is 0. The number of aliphatic hydroxyl groups excluding tert-OH is 1. The Morgan fingerprint density at radius 2 is 1.40 bits per heavy atom. The Morgan fingerprint density at radius 3 is 2.05 bits per heavy atom. The van der Waals surface area contributed by atoms with Crippen molar-refractivity contribution in [2.45, 2.75) is 78.1 Å². The molecule has 0 fully saturated rings. The summed E-state index contributed by atoms with van der Waals surface area (Å²) >= 11 is 0. The van der Waals surface area contributed by atoms with Crippen molar-refractivity contribution in [1.29, 1.82) is 0 Å². The minimum absolute atomic E-state index is 0.00101. The van der Waals surface area contributed by atoms with E-state index < -0.39 is 6.10 Å². The fourth-order valence-corrected chi connectivity index (χ4v) is 1.76. The molecule has 0 aliphatic carbocycles. The maximum absolute atomic E-state index is 9.11. The third kappa shape index (κ3) is 14.3. The quantitative estimate of drug-likeness (QED) is 0.499. The zero-order chi connectivity index (χ0) is 15.2. The monoisotopic (exact) mass is 290 g/mol. The second kappa shape index (κ2) is 13.8. The SMILES string of the molecule is CCCCCCCOCC(C)OCC(C)OCC(C)O.